The molecule has 1 unspecified atom stereocenters. The monoisotopic (exact) mass is 631 g/mol. The van der Waals surface area contributed by atoms with E-state index in [4.69, 9.17) is 4.74 Å². The van der Waals surface area contributed by atoms with Gasteiger partial charge in [-0.2, -0.15) is 0 Å². The third-order valence-electron chi connectivity index (χ3n) is 7.21. The van der Waals surface area contributed by atoms with E-state index in [1.165, 1.54) is 29.2 Å². The zero-order valence-electron chi connectivity index (χ0n) is 25.6. The molecule has 4 aromatic rings. The Hall–Kier alpha value is -4.70. The van der Waals surface area contributed by atoms with E-state index in [0.717, 1.165) is 15.4 Å². The maximum atomic E-state index is 14.4. The molecule has 0 spiro atoms. The molecule has 0 bridgehead atoms. The first kappa shape index (κ1) is 33.2. The van der Waals surface area contributed by atoms with Crippen molar-refractivity contribution in [3.05, 3.63) is 126 Å². The van der Waals surface area contributed by atoms with Crippen molar-refractivity contribution in [2.75, 3.05) is 24.0 Å². The highest BCUT2D eigenvalue weighted by molar-refractivity contribution is 7.92. The van der Waals surface area contributed by atoms with Crippen LogP contribution in [-0.4, -0.2) is 50.9 Å². The second kappa shape index (κ2) is 15.3. The molecule has 10 heteroatoms. The summed E-state index contributed by atoms with van der Waals surface area (Å²) in [4.78, 5) is 29.3. The van der Waals surface area contributed by atoms with Gasteiger partial charge in [0.25, 0.3) is 10.0 Å². The first-order chi connectivity index (χ1) is 21.6. The van der Waals surface area contributed by atoms with Gasteiger partial charge in [-0.15, -0.1) is 0 Å². The number of rotatable bonds is 14. The lowest BCUT2D eigenvalue weighted by atomic mass is 10.0. The Morgan fingerprint density at radius 2 is 1.49 bits per heavy atom. The highest BCUT2D eigenvalue weighted by Crippen LogP contribution is 2.27. The van der Waals surface area contributed by atoms with Gasteiger partial charge in [-0.05, 0) is 80.4 Å². The summed E-state index contributed by atoms with van der Waals surface area (Å²) >= 11 is 0. The minimum absolute atomic E-state index is 0.0180. The Kier molecular flexibility index (Phi) is 11.3. The molecule has 0 radical (unpaired) electrons. The van der Waals surface area contributed by atoms with Crippen molar-refractivity contribution in [1.29, 1.82) is 0 Å². The van der Waals surface area contributed by atoms with E-state index in [2.05, 4.69) is 5.32 Å². The second-order valence-electron chi connectivity index (χ2n) is 10.5. The number of benzene rings is 4. The third-order valence-corrected chi connectivity index (χ3v) is 9.00. The zero-order chi connectivity index (χ0) is 32.4. The second-order valence-corrected chi connectivity index (χ2v) is 12.4. The van der Waals surface area contributed by atoms with Crippen LogP contribution in [0.1, 0.15) is 30.5 Å². The van der Waals surface area contributed by atoms with Crippen LogP contribution < -0.4 is 14.4 Å². The molecule has 45 heavy (non-hydrogen) atoms. The van der Waals surface area contributed by atoms with Gasteiger partial charge in [-0.1, -0.05) is 60.2 Å². The molecule has 2 amide bonds. The Labute approximate surface area is 264 Å². The van der Waals surface area contributed by atoms with Gasteiger partial charge in [-0.3, -0.25) is 13.9 Å². The van der Waals surface area contributed by atoms with Gasteiger partial charge in [0.15, 0.2) is 0 Å². The molecule has 0 heterocycles. The quantitative estimate of drug-likeness (QED) is 0.198. The fourth-order valence-corrected chi connectivity index (χ4v) is 6.29. The fraction of sp³-hybridized carbons (Fsp3) is 0.257. The number of ether oxygens (including phenoxy) is 1. The minimum atomic E-state index is -4.22. The van der Waals surface area contributed by atoms with Crippen molar-refractivity contribution < 1.29 is 27.1 Å². The van der Waals surface area contributed by atoms with Crippen LogP contribution in [0.25, 0.3) is 0 Å². The van der Waals surface area contributed by atoms with E-state index >= 15 is 0 Å². The number of carbonyl (C=O) groups excluding carboxylic acids is 2. The average molecular weight is 632 g/mol. The number of halogens is 1. The number of amides is 2. The van der Waals surface area contributed by atoms with Crippen molar-refractivity contribution in [2.45, 2.75) is 44.7 Å². The van der Waals surface area contributed by atoms with Crippen LogP contribution in [-0.2, 0) is 32.6 Å². The van der Waals surface area contributed by atoms with Gasteiger partial charge in [0.2, 0.25) is 11.8 Å². The molecule has 236 valence electrons. The molecule has 8 nitrogen and oxygen atoms in total. The van der Waals surface area contributed by atoms with Crippen molar-refractivity contribution >= 4 is 27.5 Å². The average Bonchev–Trinajstić information content (AvgIpc) is 3.03. The molecule has 0 aromatic heterocycles. The van der Waals surface area contributed by atoms with Crippen LogP contribution in [0.5, 0.6) is 5.75 Å². The molecule has 4 aromatic carbocycles. The van der Waals surface area contributed by atoms with E-state index in [-0.39, 0.29) is 29.5 Å². The number of hydrogen-bond acceptors (Lipinski definition) is 5. The molecule has 0 aliphatic heterocycles. The number of anilines is 1. The van der Waals surface area contributed by atoms with Crippen LogP contribution in [0, 0.1) is 12.7 Å². The molecule has 1 N–H and O–H groups in total. The van der Waals surface area contributed by atoms with Crippen LogP contribution in [0.2, 0.25) is 0 Å². The Morgan fingerprint density at radius 1 is 0.844 bits per heavy atom. The number of hydrogen-bond donors (Lipinski definition) is 1. The predicted molar refractivity (Wildman–Crippen MR) is 173 cm³/mol. The SMILES string of the molecule is CCNC(=O)C(Cc1ccccc1)N(Cc1ccc(F)cc1)C(=O)CN(c1ccc(OCC)cc1)S(=O)(=O)c1ccc(C)cc1. The van der Waals surface area contributed by atoms with Crippen molar-refractivity contribution in [1.82, 2.24) is 10.2 Å². The molecule has 4 rings (SSSR count). The van der Waals surface area contributed by atoms with Gasteiger partial charge in [0.05, 0.1) is 17.2 Å². The van der Waals surface area contributed by atoms with E-state index in [0.29, 0.717) is 24.5 Å². The van der Waals surface area contributed by atoms with Gasteiger partial charge >= 0.3 is 0 Å². The summed E-state index contributed by atoms with van der Waals surface area (Å²) in [5.41, 5.74) is 2.54. The Bertz CT molecular complexity index is 1660. The summed E-state index contributed by atoms with van der Waals surface area (Å²) in [7, 11) is -4.22. The van der Waals surface area contributed by atoms with E-state index in [9.17, 15) is 22.4 Å². The number of sulfonamides is 1. The summed E-state index contributed by atoms with van der Waals surface area (Å²) in [6.45, 7) is 5.62. The molecule has 0 aliphatic rings. The molecule has 0 aliphatic carbocycles. The normalized spacial score (nSPS) is 11.8. The number of nitrogens with one attached hydrogen (secondary N) is 1. The highest BCUT2D eigenvalue weighted by atomic mass is 32.2. The number of likely N-dealkylation sites (N-methyl/N-ethyl adjacent to an activating group) is 1. The first-order valence-corrected chi connectivity index (χ1v) is 16.2. The molecule has 0 saturated carbocycles. The first-order valence-electron chi connectivity index (χ1n) is 14.8. The maximum absolute atomic E-state index is 14.4. The van der Waals surface area contributed by atoms with Crippen LogP contribution in [0.3, 0.4) is 0 Å². The summed E-state index contributed by atoms with van der Waals surface area (Å²) in [5.74, 6) is -0.869. The van der Waals surface area contributed by atoms with Gasteiger partial charge in [0, 0.05) is 19.5 Å². The standard InChI is InChI=1S/C35H38FN3O5S/c1-4-37-35(41)33(23-27-9-7-6-8-10-27)38(24-28-13-15-29(36)16-14-28)34(40)25-39(30-17-19-31(20-18-30)44-5-2)45(42,43)32-21-11-26(3)12-22-32/h6-22,33H,4-5,23-25H2,1-3H3,(H,37,41). The summed E-state index contributed by atoms with van der Waals surface area (Å²) in [5, 5.41) is 2.82. The predicted octanol–water partition coefficient (Wildman–Crippen LogP) is 5.50. The number of aryl methyl sites for hydroxylation is 1. The lowest BCUT2D eigenvalue weighted by Gasteiger charge is -2.34. The molecular formula is C35H38FN3O5S. The Balaban J connectivity index is 1.79. The van der Waals surface area contributed by atoms with Crippen LogP contribution in [0.15, 0.2) is 108 Å². The highest BCUT2D eigenvalue weighted by Gasteiger charge is 2.34. The van der Waals surface area contributed by atoms with Crippen LogP contribution >= 0.6 is 0 Å². The van der Waals surface area contributed by atoms with Crippen molar-refractivity contribution in [3.8, 4) is 5.75 Å². The molecule has 0 saturated heterocycles. The largest absolute Gasteiger partial charge is 0.494 e. The summed E-state index contributed by atoms with van der Waals surface area (Å²) in [6.07, 6.45) is 0.188. The smallest absolute Gasteiger partial charge is 0.264 e. The minimum Gasteiger partial charge on any atom is -0.494 e. The van der Waals surface area contributed by atoms with E-state index < -0.39 is 34.3 Å². The lowest BCUT2D eigenvalue weighted by molar-refractivity contribution is -0.140. The topological polar surface area (TPSA) is 96.0 Å². The van der Waals surface area contributed by atoms with Crippen molar-refractivity contribution in [2.24, 2.45) is 0 Å². The lowest BCUT2D eigenvalue weighted by Crippen LogP contribution is -2.53. The van der Waals surface area contributed by atoms with Gasteiger partial charge < -0.3 is 15.0 Å². The maximum Gasteiger partial charge on any atom is 0.264 e. The van der Waals surface area contributed by atoms with Crippen LogP contribution in [0.4, 0.5) is 10.1 Å². The van der Waals surface area contributed by atoms with Gasteiger partial charge in [-0.25, -0.2) is 12.8 Å². The van der Waals surface area contributed by atoms with E-state index in [1.807, 2.05) is 44.2 Å². The fourth-order valence-electron chi connectivity index (χ4n) is 4.87. The molecule has 1 atom stereocenters. The Morgan fingerprint density at radius 3 is 2.09 bits per heavy atom. The molecule has 0 fully saturated rings. The van der Waals surface area contributed by atoms with E-state index in [1.54, 1.807) is 55.5 Å². The van der Waals surface area contributed by atoms with Crippen molar-refractivity contribution in [3.63, 3.8) is 0 Å². The molecular weight excluding hydrogens is 593 g/mol. The number of carbonyl (C=O) groups is 2. The summed E-state index contributed by atoms with van der Waals surface area (Å²) < 4.78 is 48.6. The summed E-state index contributed by atoms with van der Waals surface area (Å²) in [6, 6.07) is 26.8. The number of nitrogens with zero attached hydrogens (tertiary/aromatic N) is 2. The third kappa shape index (κ3) is 8.69. The van der Waals surface area contributed by atoms with Gasteiger partial charge in [0.1, 0.15) is 24.2 Å². The zero-order valence-corrected chi connectivity index (χ0v) is 26.5.